The van der Waals surface area contributed by atoms with Crippen molar-refractivity contribution in [3.05, 3.63) is 59.2 Å². The van der Waals surface area contributed by atoms with Crippen molar-refractivity contribution in [2.45, 2.75) is 0 Å². The van der Waals surface area contributed by atoms with E-state index in [0.717, 1.165) is 5.56 Å². The van der Waals surface area contributed by atoms with Crippen LogP contribution in [0, 0.1) is 11.3 Å². The van der Waals surface area contributed by atoms with Crippen LogP contribution in [0.25, 0.3) is 6.08 Å². The molecule has 0 bridgehead atoms. The average molecular weight is 321 g/mol. The van der Waals surface area contributed by atoms with E-state index in [1.807, 2.05) is 6.07 Å². The lowest BCUT2D eigenvalue weighted by Crippen LogP contribution is -2.16. The Hall–Kier alpha value is -3.26. The first-order valence-electron chi connectivity index (χ1n) is 7.41. The Bertz CT molecular complexity index is 832. The van der Waals surface area contributed by atoms with E-state index < -0.39 is 0 Å². The van der Waals surface area contributed by atoms with E-state index in [9.17, 15) is 4.79 Å². The molecule has 5 nitrogen and oxygen atoms in total. The molecule has 120 valence electrons. The summed E-state index contributed by atoms with van der Waals surface area (Å²) in [6.07, 6.45) is 3.14. The molecule has 0 fully saturated rings. The topological polar surface area (TPSA) is 68.6 Å². The molecule has 0 aliphatic carbocycles. The van der Waals surface area contributed by atoms with Crippen LogP contribution in [0.2, 0.25) is 0 Å². The molecule has 0 amide bonds. The van der Waals surface area contributed by atoms with Crippen molar-refractivity contribution in [3.8, 4) is 23.3 Å². The zero-order chi connectivity index (χ0) is 16.9. The predicted octanol–water partition coefficient (Wildman–Crippen LogP) is 3.23. The summed E-state index contributed by atoms with van der Waals surface area (Å²) in [6, 6.07) is 12.2. The van der Waals surface area contributed by atoms with Crippen molar-refractivity contribution >= 4 is 11.9 Å². The van der Waals surface area contributed by atoms with E-state index in [2.05, 4.69) is 0 Å². The number of methoxy groups -OCH3 is 1. The highest BCUT2D eigenvalue weighted by molar-refractivity contribution is 6.07. The summed E-state index contributed by atoms with van der Waals surface area (Å²) in [5.41, 5.74) is 1.69. The van der Waals surface area contributed by atoms with Crippen LogP contribution in [0.3, 0.4) is 0 Å². The van der Waals surface area contributed by atoms with Crippen LogP contribution in [0.1, 0.15) is 21.5 Å². The summed E-state index contributed by atoms with van der Waals surface area (Å²) in [5, 5.41) is 8.90. The van der Waals surface area contributed by atoms with Gasteiger partial charge >= 0.3 is 0 Å². The van der Waals surface area contributed by atoms with Gasteiger partial charge in [0.2, 0.25) is 5.75 Å². The first-order valence-corrected chi connectivity index (χ1v) is 7.41. The Labute approximate surface area is 139 Å². The van der Waals surface area contributed by atoms with Gasteiger partial charge in [-0.3, -0.25) is 4.79 Å². The first kappa shape index (κ1) is 15.6. The summed E-state index contributed by atoms with van der Waals surface area (Å²) in [4.78, 5) is 12.2. The Balaban J connectivity index is 1.86. The van der Waals surface area contributed by atoms with E-state index in [1.54, 1.807) is 49.6 Å². The molecule has 2 aromatic carbocycles. The summed E-state index contributed by atoms with van der Waals surface area (Å²) >= 11 is 0. The van der Waals surface area contributed by atoms with Gasteiger partial charge in [0.05, 0.1) is 18.7 Å². The number of rotatable bonds is 4. The summed E-state index contributed by atoms with van der Waals surface area (Å²) in [5.74, 6) is 1.56. The van der Waals surface area contributed by atoms with E-state index >= 15 is 0 Å². The number of nitriles is 1. The van der Waals surface area contributed by atoms with Crippen molar-refractivity contribution in [1.82, 2.24) is 0 Å². The molecule has 0 spiro atoms. The average Bonchev–Trinajstić information content (AvgIpc) is 2.65. The van der Waals surface area contributed by atoms with Gasteiger partial charge in [-0.15, -0.1) is 0 Å². The SMILES string of the molecule is COc1cc(/C=C/C(=O)c2cccc(C#N)c2)cc2c1OCCO2. The minimum absolute atomic E-state index is 0.180. The fourth-order valence-corrected chi connectivity index (χ4v) is 2.40. The fourth-order valence-electron chi connectivity index (χ4n) is 2.40. The van der Waals surface area contributed by atoms with Crippen molar-refractivity contribution in [1.29, 1.82) is 5.26 Å². The zero-order valence-electron chi connectivity index (χ0n) is 13.1. The lowest BCUT2D eigenvalue weighted by atomic mass is 10.1. The molecule has 0 radical (unpaired) electrons. The van der Waals surface area contributed by atoms with Gasteiger partial charge in [0, 0.05) is 5.56 Å². The van der Waals surface area contributed by atoms with Gasteiger partial charge in [-0.1, -0.05) is 18.2 Å². The molecular weight excluding hydrogens is 306 g/mol. The second-order valence-corrected chi connectivity index (χ2v) is 5.14. The molecular formula is C19H15NO4. The molecule has 5 heteroatoms. The monoisotopic (exact) mass is 321 g/mol. The molecule has 24 heavy (non-hydrogen) atoms. The second kappa shape index (κ2) is 6.88. The van der Waals surface area contributed by atoms with Crippen LogP contribution in [-0.4, -0.2) is 26.1 Å². The third-order valence-electron chi connectivity index (χ3n) is 3.55. The lowest BCUT2D eigenvalue weighted by molar-refractivity contribution is 0.104. The number of nitrogens with zero attached hydrogens (tertiary/aromatic N) is 1. The normalized spacial score (nSPS) is 12.7. The highest BCUT2D eigenvalue weighted by Crippen LogP contribution is 2.40. The summed E-state index contributed by atoms with van der Waals surface area (Å²) < 4.78 is 16.4. The number of ketones is 1. The molecule has 2 aromatic rings. The number of hydrogen-bond acceptors (Lipinski definition) is 5. The molecule has 0 aromatic heterocycles. The molecule has 0 atom stereocenters. The molecule has 1 aliphatic rings. The number of carbonyl (C=O) groups excluding carboxylic acids is 1. The van der Waals surface area contributed by atoms with Gasteiger partial charge in [-0.05, 0) is 35.9 Å². The van der Waals surface area contributed by atoms with Crippen LogP contribution in [-0.2, 0) is 0 Å². The number of fused-ring (bicyclic) bond motifs is 1. The molecule has 1 aliphatic heterocycles. The minimum atomic E-state index is -0.180. The minimum Gasteiger partial charge on any atom is -0.493 e. The lowest BCUT2D eigenvalue weighted by Gasteiger charge is -2.20. The number of ether oxygens (including phenoxy) is 3. The van der Waals surface area contributed by atoms with E-state index in [0.29, 0.717) is 41.6 Å². The Morgan fingerprint density at radius 3 is 2.88 bits per heavy atom. The fraction of sp³-hybridized carbons (Fsp3) is 0.158. The third kappa shape index (κ3) is 3.23. The van der Waals surface area contributed by atoms with Crippen LogP contribution in [0.15, 0.2) is 42.5 Å². The van der Waals surface area contributed by atoms with Crippen molar-refractivity contribution in [2.24, 2.45) is 0 Å². The van der Waals surface area contributed by atoms with Crippen molar-refractivity contribution in [2.75, 3.05) is 20.3 Å². The highest BCUT2D eigenvalue weighted by Gasteiger charge is 2.17. The van der Waals surface area contributed by atoms with Crippen LogP contribution < -0.4 is 14.2 Å². The standard InChI is InChI=1S/C19H15NO4/c1-22-17-10-13(11-18-19(17)24-8-7-23-18)5-6-16(21)15-4-2-3-14(9-15)12-20/h2-6,9-11H,7-8H2,1H3/b6-5+. The van der Waals surface area contributed by atoms with Crippen LogP contribution >= 0.6 is 0 Å². The largest absolute Gasteiger partial charge is 0.493 e. The molecule has 0 N–H and O–H groups in total. The van der Waals surface area contributed by atoms with Gasteiger partial charge in [0.15, 0.2) is 17.3 Å². The quantitative estimate of drug-likeness (QED) is 0.639. The van der Waals surface area contributed by atoms with E-state index in [4.69, 9.17) is 19.5 Å². The number of allylic oxidation sites excluding steroid dienone is 1. The van der Waals surface area contributed by atoms with E-state index in [1.165, 1.54) is 6.08 Å². The van der Waals surface area contributed by atoms with Gasteiger partial charge in [-0.25, -0.2) is 0 Å². The summed E-state index contributed by atoms with van der Waals surface area (Å²) in [7, 11) is 1.56. The van der Waals surface area contributed by atoms with E-state index in [-0.39, 0.29) is 5.78 Å². The maximum atomic E-state index is 12.2. The predicted molar refractivity (Wildman–Crippen MR) is 88.5 cm³/mol. The number of hydrogen-bond donors (Lipinski definition) is 0. The van der Waals surface area contributed by atoms with Gasteiger partial charge < -0.3 is 14.2 Å². The van der Waals surface area contributed by atoms with Crippen molar-refractivity contribution in [3.63, 3.8) is 0 Å². The Kier molecular flexibility index (Phi) is 4.48. The van der Waals surface area contributed by atoms with Gasteiger partial charge in [0.1, 0.15) is 13.2 Å². The Morgan fingerprint density at radius 1 is 1.25 bits per heavy atom. The molecule has 0 unspecified atom stereocenters. The molecule has 0 saturated carbocycles. The zero-order valence-corrected chi connectivity index (χ0v) is 13.1. The molecule has 1 heterocycles. The summed E-state index contributed by atoms with van der Waals surface area (Å²) in [6.45, 7) is 0.954. The maximum Gasteiger partial charge on any atom is 0.203 e. The molecule has 0 saturated heterocycles. The Morgan fingerprint density at radius 2 is 2.08 bits per heavy atom. The van der Waals surface area contributed by atoms with Crippen molar-refractivity contribution < 1.29 is 19.0 Å². The maximum absolute atomic E-state index is 12.2. The molecule has 3 rings (SSSR count). The van der Waals surface area contributed by atoms with Gasteiger partial charge in [-0.2, -0.15) is 5.26 Å². The second-order valence-electron chi connectivity index (χ2n) is 5.14. The number of benzene rings is 2. The first-order chi connectivity index (χ1) is 11.7. The van der Waals surface area contributed by atoms with Crippen LogP contribution in [0.5, 0.6) is 17.2 Å². The smallest absolute Gasteiger partial charge is 0.203 e. The number of carbonyl (C=O) groups is 1. The van der Waals surface area contributed by atoms with Gasteiger partial charge in [0.25, 0.3) is 0 Å². The van der Waals surface area contributed by atoms with Crippen LogP contribution in [0.4, 0.5) is 0 Å². The highest BCUT2D eigenvalue weighted by atomic mass is 16.6. The third-order valence-corrected chi connectivity index (χ3v) is 3.55.